The lowest BCUT2D eigenvalue weighted by Gasteiger charge is -2.32. The number of carbonyl (C=O) groups excluding carboxylic acids is 2. The molecule has 0 spiro atoms. The fraction of sp³-hybridized carbons (Fsp3) is 0.579. The van der Waals surface area contributed by atoms with Gasteiger partial charge in [0.2, 0.25) is 5.91 Å². The van der Waals surface area contributed by atoms with Gasteiger partial charge in [0, 0.05) is 30.6 Å². The Kier molecular flexibility index (Phi) is 4.90. The summed E-state index contributed by atoms with van der Waals surface area (Å²) in [6, 6.07) is 7.57. The largest absolute Gasteiger partial charge is 0.396 e. The Labute approximate surface area is 143 Å². The van der Waals surface area contributed by atoms with Gasteiger partial charge in [-0.3, -0.25) is 9.59 Å². The van der Waals surface area contributed by atoms with E-state index in [-0.39, 0.29) is 29.8 Å². The van der Waals surface area contributed by atoms with Gasteiger partial charge in [-0.15, -0.1) is 0 Å². The Bertz CT molecular complexity index is 608. The van der Waals surface area contributed by atoms with Gasteiger partial charge >= 0.3 is 0 Å². The minimum atomic E-state index is -0.150. The van der Waals surface area contributed by atoms with Crippen molar-refractivity contribution in [1.82, 2.24) is 10.2 Å². The molecule has 2 N–H and O–H groups in total. The molecule has 1 heterocycles. The zero-order valence-corrected chi connectivity index (χ0v) is 14.3. The number of aliphatic hydroxyl groups excluding tert-OH is 1. The van der Waals surface area contributed by atoms with Crippen LogP contribution in [-0.2, 0) is 4.79 Å². The second kappa shape index (κ2) is 6.93. The number of benzene rings is 1. The number of aliphatic hydroxyl groups is 1. The van der Waals surface area contributed by atoms with Crippen LogP contribution in [0.1, 0.15) is 41.6 Å². The third-order valence-corrected chi connectivity index (χ3v) is 5.31. The molecular formula is C19H26N2O3. The average molecular weight is 330 g/mol. The fourth-order valence-corrected chi connectivity index (χ4v) is 3.24. The summed E-state index contributed by atoms with van der Waals surface area (Å²) < 4.78 is 0. The first-order valence-electron chi connectivity index (χ1n) is 8.77. The standard InChI is InChI=1S/C19H26N2O3/c1-14-4-6-15(7-5-14)18(24)21-10-2-3-16(11-21)17(23)20-12-19(13-22)8-9-19/h4-7,16,22H,2-3,8-13H2,1H3,(H,20,23). The van der Waals surface area contributed by atoms with Crippen LogP contribution in [0, 0.1) is 18.3 Å². The van der Waals surface area contributed by atoms with Crippen LogP contribution in [-0.4, -0.2) is 48.1 Å². The Morgan fingerprint density at radius 1 is 1.29 bits per heavy atom. The molecule has 0 bridgehead atoms. The van der Waals surface area contributed by atoms with Gasteiger partial charge in [0.1, 0.15) is 0 Å². The molecule has 2 aliphatic rings. The van der Waals surface area contributed by atoms with Gasteiger partial charge in [-0.25, -0.2) is 0 Å². The van der Waals surface area contributed by atoms with Crippen LogP contribution in [0.2, 0.25) is 0 Å². The predicted molar refractivity (Wildman–Crippen MR) is 91.6 cm³/mol. The molecule has 1 aliphatic heterocycles. The molecule has 1 aliphatic carbocycles. The summed E-state index contributed by atoms with van der Waals surface area (Å²) in [4.78, 5) is 26.8. The lowest BCUT2D eigenvalue weighted by atomic mass is 9.96. The van der Waals surface area contributed by atoms with Crippen molar-refractivity contribution in [3.63, 3.8) is 0 Å². The van der Waals surface area contributed by atoms with E-state index in [0.717, 1.165) is 31.2 Å². The van der Waals surface area contributed by atoms with Gasteiger partial charge in [0.05, 0.1) is 12.5 Å². The molecule has 24 heavy (non-hydrogen) atoms. The molecule has 1 atom stereocenters. The molecule has 2 fully saturated rings. The Balaban J connectivity index is 1.56. The maximum Gasteiger partial charge on any atom is 0.253 e. The topological polar surface area (TPSA) is 69.6 Å². The highest BCUT2D eigenvalue weighted by atomic mass is 16.3. The summed E-state index contributed by atoms with van der Waals surface area (Å²) >= 11 is 0. The molecule has 0 radical (unpaired) electrons. The second-order valence-corrected chi connectivity index (χ2v) is 7.33. The smallest absolute Gasteiger partial charge is 0.253 e. The van der Waals surface area contributed by atoms with Crippen LogP contribution >= 0.6 is 0 Å². The molecule has 1 aromatic rings. The Morgan fingerprint density at radius 3 is 2.62 bits per heavy atom. The van der Waals surface area contributed by atoms with Crippen molar-refractivity contribution in [2.45, 2.75) is 32.6 Å². The zero-order chi connectivity index (χ0) is 17.2. The second-order valence-electron chi connectivity index (χ2n) is 7.33. The van der Waals surface area contributed by atoms with Crippen LogP contribution in [0.3, 0.4) is 0 Å². The lowest BCUT2D eigenvalue weighted by molar-refractivity contribution is -0.126. The van der Waals surface area contributed by atoms with Crippen molar-refractivity contribution in [3.8, 4) is 0 Å². The number of hydrogen-bond donors (Lipinski definition) is 2. The number of rotatable bonds is 5. The minimum absolute atomic E-state index is 0.00141. The van der Waals surface area contributed by atoms with E-state index in [0.29, 0.717) is 25.2 Å². The number of likely N-dealkylation sites (tertiary alicyclic amines) is 1. The number of nitrogens with one attached hydrogen (secondary N) is 1. The summed E-state index contributed by atoms with van der Waals surface area (Å²) in [6.07, 6.45) is 3.62. The maximum absolute atomic E-state index is 12.6. The lowest BCUT2D eigenvalue weighted by Crippen LogP contribution is -2.46. The number of hydrogen-bond acceptors (Lipinski definition) is 3. The number of aryl methyl sites for hydroxylation is 1. The van der Waals surface area contributed by atoms with Crippen molar-refractivity contribution in [3.05, 3.63) is 35.4 Å². The average Bonchev–Trinajstić information content (AvgIpc) is 3.40. The van der Waals surface area contributed by atoms with Crippen molar-refractivity contribution in [2.24, 2.45) is 11.3 Å². The number of piperidine rings is 1. The van der Waals surface area contributed by atoms with Crippen LogP contribution in [0.25, 0.3) is 0 Å². The van der Waals surface area contributed by atoms with E-state index in [1.54, 1.807) is 4.90 Å². The highest BCUT2D eigenvalue weighted by molar-refractivity contribution is 5.94. The van der Waals surface area contributed by atoms with Crippen molar-refractivity contribution < 1.29 is 14.7 Å². The predicted octanol–water partition coefficient (Wildman–Crippen LogP) is 1.74. The van der Waals surface area contributed by atoms with E-state index in [9.17, 15) is 14.7 Å². The van der Waals surface area contributed by atoms with E-state index in [2.05, 4.69) is 5.32 Å². The minimum Gasteiger partial charge on any atom is -0.396 e. The van der Waals surface area contributed by atoms with E-state index < -0.39 is 0 Å². The van der Waals surface area contributed by atoms with Gasteiger partial charge < -0.3 is 15.3 Å². The van der Waals surface area contributed by atoms with E-state index in [1.807, 2.05) is 31.2 Å². The Hall–Kier alpha value is -1.88. The molecule has 1 aromatic carbocycles. The van der Waals surface area contributed by atoms with E-state index >= 15 is 0 Å². The zero-order valence-electron chi connectivity index (χ0n) is 14.3. The molecule has 5 nitrogen and oxygen atoms in total. The summed E-state index contributed by atoms with van der Waals surface area (Å²) in [5.41, 5.74) is 1.72. The van der Waals surface area contributed by atoms with Gasteiger partial charge in [0.25, 0.3) is 5.91 Å². The molecular weight excluding hydrogens is 304 g/mol. The summed E-state index contributed by atoms with van der Waals surface area (Å²) in [7, 11) is 0. The van der Waals surface area contributed by atoms with Crippen LogP contribution in [0.15, 0.2) is 24.3 Å². The normalized spacial score (nSPS) is 22.1. The van der Waals surface area contributed by atoms with Crippen molar-refractivity contribution >= 4 is 11.8 Å². The first kappa shape index (κ1) is 17.0. The van der Waals surface area contributed by atoms with E-state index in [4.69, 9.17) is 0 Å². The van der Waals surface area contributed by atoms with Gasteiger partial charge in [0.15, 0.2) is 0 Å². The SMILES string of the molecule is Cc1ccc(C(=O)N2CCCC(C(=O)NCC3(CO)CC3)C2)cc1. The number of amides is 2. The monoisotopic (exact) mass is 330 g/mol. The molecule has 2 amide bonds. The number of carbonyl (C=O) groups is 2. The molecule has 3 rings (SSSR count). The summed E-state index contributed by atoms with van der Waals surface area (Å²) in [5, 5.41) is 12.3. The highest BCUT2D eigenvalue weighted by Crippen LogP contribution is 2.44. The van der Waals surface area contributed by atoms with Crippen molar-refractivity contribution in [1.29, 1.82) is 0 Å². The Morgan fingerprint density at radius 2 is 2.00 bits per heavy atom. The van der Waals surface area contributed by atoms with Crippen LogP contribution in [0.4, 0.5) is 0 Å². The third kappa shape index (κ3) is 3.78. The molecule has 1 saturated carbocycles. The molecule has 1 saturated heterocycles. The van der Waals surface area contributed by atoms with E-state index in [1.165, 1.54) is 0 Å². The molecule has 130 valence electrons. The van der Waals surface area contributed by atoms with Gasteiger partial charge in [-0.1, -0.05) is 17.7 Å². The maximum atomic E-state index is 12.6. The summed E-state index contributed by atoms with van der Waals surface area (Å²) in [5.74, 6) is -0.139. The first-order chi connectivity index (χ1) is 11.5. The first-order valence-corrected chi connectivity index (χ1v) is 8.77. The summed E-state index contributed by atoms with van der Waals surface area (Å²) in [6.45, 7) is 3.86. The van der Waals surface area contributed by atoms with Crippen LogP contribution in [0.5, 0.6) is 0 Å². The van der Waals surface area contributed by atoms with Crippen LogP contribution < -0.4 is 5.32 Å². The third-order valence-electron chi connectivity index (χ3n) is 5.31. The molecule has 5 heteroatoms. The number of nitrogens with zero attached hydrogens (tertiary/aromatic N) is 1. The van der Waals surface area contributed by atoms with Gasteiger partial charge in [-0.05, 0) is 44.7 Å². The fourth-order valence-electron chi connectivity index (χ4n) is 3.24. The molecule has 0 aromatic heterocycles. The molecule has 1 unspecified atom stereocenters. The highest BCUT2D eigenvalue weighted by Gasteiger charge is 2.42. The quantitative estimate of drug-likeness (QED) is 0.864. The van der Waals surface area contributed by atoms with Gasteiger partial charge in [-0.2, -0.15) is 0 Å². The van der Waals surface area contributed by atoms with Crippen molar-refractivity contribution in [2.75, 3.05) is 26.2 Å².